The molecule has 2 rings (SSSR count). The monoisotopic (exact) mass is 195 g/mol. The second kappa shape index (κ2) is 2.62. The maximum absolute atomic E-state index is 11.4. The fraction of sp³-hybridized carbons (Fsp3) is 0.167. The predicted octanol–water partition coefficient (Wildman–Crippen LogP) is -2.29. The third-order valence-corrected chi connectivity index (χ3v) is 1.74. The van der Waals surface area contributed by atoms with E-state index in [9.17, 15) is 14.4 Å². The molecule has 0 saturated heterocycles. The standard InChI is InChI=1S/C6H5N5O3/c1-11-4(12)2-3(8-6(11)14)7-5(13)10-9-2/h1H3,(H2,7,8,10,13,14). The van der Waals surface area contributed by atoms with Gasteiger partial charge in [-0.3, -0.25) is 14.3 Å². The van der Waals surface area contributed by atoms with E-state index in [1.165, 1.54) is 7.05 Å². The van der Waals surface area contributed by atoms with Crippen molar-refractivity contribution in [3.8, 4) is 0 Å². The second-order valence-electron chi connectivity index (χ2n) is 2.63. The van der Waals surface area contributed by atoms with Crippen LogP contribution in [0.2, 0.25) is 0 Å². The molecular formula is C6H5N5O3. The van der Waals surface area contributed by atoms with Gasteiger partial charge in [0.2, 0.25) is 0 Å². The summed E-state index contributed by atoms with van der Waals surface area (Å²) in [7, 11) is 1.30. The first-order valence-electron chi connectivity index (χ1n) is 3.65. The molecule has 0 radical (unpaired) electrons. The lowest BCUT2D eigenvalue weighted by Gasteiger charge is -1.96. The fourth-order valence-electron chi connectivity index (χ4n) is 1.01. The number of hydrogen-bond donors (Lipinski definition) is 2. The normalized spacial score (nSPS) is 10.6. The van der Waals surface area contributed by atoms with Crippen molar-refractivity contribution in [2.24, 2.45) is 7.05 Å². The summed E-state index contributed by atoms with van der Waals surface area (Å²) in [5.41, 5.74) is -2.15. The summed E-state index contributed by atoms with van der Waals surface area (Å²) < 4.78 is 0.843. The van der Waals surface area contributed by atoms with Crippen molar-refractivity contribution >= 4 is 11.2 Å². The molecule has 0 fully saturated rings. The van der Waals surface area contributed by atoms with Gasteiger partial charge in [0.15, 0.2) is 11.2 Å². The van der Waals surface area contributed by atoms with Crippen molar-refractivity contribution in [3.63, 3.8) is 0 Å². The highest BCUT2D eigenvalue weighted by Gasteiger charge is 2.06. The molecule has 2 heterocycles. The van der Waals surface area contributed by atoms with Crippen molar-refractivity contribution in [1.82, 2.24) is 24.7 Å². The summed E-state index contributed by atoms with van der Waals surface area (Å²) in [5.74, 6) is 0. The van der Waals surface area contributed by atoms with Crippen LogP contribution in [0.15, 0.2) is 14.4 Å². The zero-order valence-corrected chi connectivity index (χ0v) is 7.07. The third-order valence-electron chi connectivity index (χ3n) is 1.74. The first-order chi connectivity index (χ1) is 6.59. The molecule has 0 amide bonds. The summed E-state index contributed by atoms with van der Waals surface area (Å²) in [4.78, 5) is 38.9. The van der Waals surface area contributed by atoms with Crippen LogP contribution in [-0.4, -0.2) is 24.7 Å². The number of nitrogens with zero attached hydrogens (tertiary/aromatic N) is 3. The molecule has 14 heavy (non-hydrogen) atoms. The van der Waals surface area contributed by atoms with E-state index in [0.717, 1.165) is 4.57 Å². The second-order valence-corrected chi connectivity index (χ2v) is 2.63. The summed E-state index contributed by atoms with van der Waals surface area (Å²) >= 11 is 0. The van der Waals surface area contributed by atoms with Crippen molar-refractivity contribution in [1.29, 1.82) is 0 Å². The van der Waals surface area contributed by atoms with Crippen LogP contribution in [0, 0.1) is 0 Å². The maximum atomic E-state index is 11.4. The quantitative estimate of drug-likeness (QED) is 0.491. The lowest BCUT2D eigenvalue weighted by Crippen LogP contribution is -2.34. The molecule has 0 unspecified atom stereocenters. The molecule has 0 aromatic carbocycles. The molecule has 2 N–H and O–H groups in total. The fourth-order valence-corrected chi connectivity index (χ4v) is 1.01. The third kappa shape index (κ3) is 1.04. The molecular weight excluding hydrogens is 190 g/mol. The van der Waals surface area contributed by atoms with Crippen LogP contribution in [0.3, 0.4) is 0 Å². The number of hydrogen-bond acceptors (Lipinski definition) is 5. The minimum atomic E-state index is -0.721. The Morgan fingerprint density at radius 2 is 2.00 bits per heavy atom. The number of aromatic nitrogens is 5. The zero-order valence-electron chi connectivity index (χ0n) is 7.07. The topological polar surface area (TPSA) is 114 Å². The van der Waals surface area contributed by atoms with E-state index in [-0.39, 0.29) is 11.2 Å². The summed E-state index contributed by atoms with van der Waals surface area (Å²) in [6.45, 7) is 0. The van der Waals surface area contributed by atoms with Gasteiger partial charge in [-0.25, -0.2) is 14.7 Å². The first kappa shape index (κ1) is 8.35. The maximum Gasteiger partial charge on any atom is 0.363 e. The first-order valence-corrected chi connectivity index (χ1v) is 3.65. The van der Waals surface area contributed by atoms with E-state index in [1.807, 2.05) is 5.10 Å². The van der Waals surface area contributed by atoms with Crippen LogP contribution in [0.5, 0.6) is 0 Å². The van der Waals surface area contributed by atoms with Crippen LogP contribution in [0.1, 0.15) is 0 Å². The Kier molecular flexibility index (Phi) is 1.56. The minimum absolute atomic E-state index is 0.0771. The van der Waals surface area contributed by atoms with Gasteiger partial charge in [0.25, 0.3) is 5.56 Å². The largest absolute Gasteiger partial charge is 0.363 e. The average Bonchev–Trinajstić information content (AvgIpc) is 2.14. The highest BCUT2D eigenvalue weighted by atomic mass is 16.2. The number of aromatic amines is 2. The van der Waals surface area contributed by atoms with Crippen LogP contribution in [0.25, 0.3) is 11.2 Å². The lowest BCUT2D eigenvalue weighted by atomic mass is 10.5. The van der Waals surface area contributed by atoms with Crippen molar-refractivity contribution in [2.45, 2.75) is 0 Å². The van der Waals surface area contributed by atoms with Crippen LogP contribution < -0.4 is 16.9 Å². The molecule has 0 bridgehead atoms. The van der Waals surface area contributed by atoms with Crippen molar-refractivity contribution in [3.05, 3.63) is 31.3 Å². The Hall–Kier alpha value is -2.25. The van der Waals surface area contributed by atoms with Gasteiger partial charge >= 0.3 is 11.4 Å². The number of rotatable bonds is 0. The average molecular weight is 195 g/mol. The van der Waals surface area contributed by atoms with E-state index in [2.05, 4.69) is 15.1 Å². The van der Waals surface area contributed by atoms with E-state index < -0.39 is 16.9 Å². The highest BCUT2D eigenvalue weighted by molar-refractivity contribution is 5.66. The van der Waals surface area contributed by atoms with Gasteiger partial charge in [-0.15, -0.1) is 0 Å². The summed E-state index contributed by atoms with van der Waals surface area (Å²) in [6.07, 6.45) is 0. The number of nitrogens with one attached hydrogen (secondary N) is 2. The predicted molar refractivity (Wildman–Crippen MR) is 46.0 cm³/mol. The zero-order chi connectivity index (χ0) is 10.3. The molecule has 8 heteroatoms. The smallest absolute Gasteiger partial charge is 0.290 e. The Labute approximate surface area is 75.2 Å². The minimum Gasteiger partial charge on any atom is -0.290 e. The molecule has 2 aromatic rings. The van der Waals surface area contributed by atoms with Crippen LogP contribution >= 0.6 is 0 Å². The molecule has 0 aliphatic rings. The van der Waals surface area contributed by atoms with Gasteiger partial charge in [-0.05, 0) is 0 Å². The Bertz CT molecular complexity index is 663. The SMILES string of the molecule is Cn1c(=O)[nH]c2nc(=O)[nH]nc2c1=O. The van der Waals surface area contributed by atoms with Gasteiger partial charge in [0.05, 0.1) is 0 Å². The van der Waals surface area contributed by atoms with Gasteiger partial charge in [0.1, 0.15) is 0 Å². The van der Waals surface area contributed by atoms with Gasteiger partial charge in [-0.2, -0.15) is 10.1 Å². The van der Waals surface area contributed by atoms with Gasteiger partial charge < -0.3 is 0 Å². The van der Waals surface area contributed by atoms with E-state index >= 15 is 0 Å². The molecule has 0 aliphatic carbocycles. The lowest BCUT2D eigenvalue weighted by molar-refractivity contribution is 0.777. The van der Waals surface area contributed by atoms with Crippen molar-refractivity contribution < 1.29 is 0 Å². The van der Waals surface area contributed by atoms with Crippen molar-refractivity contribution in [2.75, 3.05) is 0 Å². The molecule has 72 valence electrons. The Balaban J connectivity index is 3.14. The molecule has 0 saturated carbocycles. The van der Waals surface area contributed by atoms with Crippen LogP contribution in [0.4, 0.5) is 0 Å². The van der Waals surface area contributed by atoms with E-state index in [0.29, 0.717) is 0 Å². The van der Waals surface area contributed by atoms with Crippen LogP contribution in [-0.2, 0) is 7.05 Å². The number of fused-ring (bicyclic) bond motifs is 1. The molecule has 2 aromatic heterocycles. The highest BCUT2D eigenvalue weighted by Crippen LogP contribution is 1.88. The summed E-state index contributed by atoms with van der Waals surface area (Å²) in [6, 6.07) is 0. The Morgan fingerprint density at radius 1 is 1.29 bits per heavy atom. The summed E-state index contributed by atoms with van der Waals surface area (Å²) in [5, 5.41) is 5.49. The van der Waals surface area contributed by atoms with E-state index in [1.54, 1.807) is 0 Å². The van der Waals surface area contributed by atoms with Gasteiger partial charge in [-0.1, -0.05) is 0 Å². The molecule has 0 atom stereocenters. The molecule has 0 aliphatic heterocycles. The molecule has 0 spiro atoms. The molecule has 8 nitrogen and oxygen atoms in total. The Morgan fingerprint density at radius 3 is 2.71 bits per heavy atom. The van der Waals surface area contributed by atoms with Gasteiger partial charge in [0, 0.05) is 7.05 Å². The number of H-pyrrole nitrogens is 2. The van der Waals surface area contributed by atoms with E-state index in [4.69, 9.17) is 0 Å².